The number of aryl methyl sites for hydroxylation is 1. The van der Waals surface area contributed by atoms with Crippen molar-refractivity contribution in [3.63, 3.8) is 0 Å². The van der Waals surface area contributed by atoms with Crippen LogP contribution in [-0.4, -0.2) is 17.6 Å². The molecular weight excluding hydrogens is 206 g/mol. The van der Waals surface area contributed by atoms with Crippen LogP contribution in [0.5, 0.6) is 0 Å². The lowest BCUT2D eigenvalue weighted by Gasteiger charge is -2.15. The molecule has 0 radical (unpaired) electrons. The van der Waals surface area contributed by atoms with Gasteiger partial charge in [-0.2, -0.15) is 0 Å². The van der Waals surface area contributed by atoms with Gasteiger partial charge in [-0.05, 0) is 32.2 Å². The maximum absolute atomic E-state index is 6.01. The highest BCUT2D eigenvalue weighted by Crippen LogP contribution is 2.23. The van der Waals surface area contributed by atoms with Crippen LogP contribution in [0, 0.1) is 12.8 Å². The topological polar surface area (TPSA) is 50.9 Å². The second kappa shape index (κ2) is 5.05. The van der Waals surface area contributed by atoms with Crippen LogP contribution < -0.4 is 11.1 Å². The molecule has 2 rings (SSSR count). The van der Waals surface area contributed by atoms with Gasteiger partial charge in [-0.1, -0.05) is 6.42 Å². The summed E-state index contributed by atoms with van der Waals surface area (Å²) in [6.45, 7) is 3.97. The lowest BCUT2D eigenvalue weighted by molar-refractivity contribution is 0.441. The van der Waals surface area contributed by atoms with Crippen LogP contribution in [0.1, 0.15) is 30.0 Å². The van der Waals surface area contributed by atoms with E-state index in [9.17, 15) is 0 Å². The molecule has 1 aromatic rings. The molecule has 1 aromatic heterocycles. The Morgan fingerprint density at radius 2 is 2.47 bits per heavy atom. The Labute approximate surface area is 95.1 Å². The molecule has 4 heteroatoms. The van der Waals surface area contributed by atoms with Crippen molar-refractivity contribution in [1.29, 1.82) is 0 Å². The average Bonchev–Trinajstić information content (AvgIpc) is 2.77. The summed E-state index contributed by atoms with van der Waals surface area (Å²) in [4.78, 5) is 4.42. The van der Waals surface area contributed by atoms with Gasteiger partial charge in [0.25, 0.3) is 0 Å². The lowest BCUT2D eigenvalue weighted by atomic mass is 10.1. The van der Waals surface area contributed by atoms with E-state index < -0.39 is 0 Å². The first kappa shape index (κ1) is 11.0. The molecule has 15 heavy (non-hydrogen) atoms. The van der Waals surface area contributed by atoms with E-state index in [1.54, 1.807) is 11.3 Å². The molecule has 2 atom stereocenters. The van der Waals surface area contributed by atoms with Crippen molar-refractivity contribution in [1.82, 2.24) is 10.3 Å². The quantitative estimate of drug-likeness (QED) is 0.819. The van der Waals surface area contributed by atoms with Gasteiger partial charge >= 0.3 is 0 Å². The molecule has 0 saturated heterocycles. The lowest BCUT2D eigenvalue weighted by Crippen LogP contribution is -2.32. The highest BCUT2D eigenvalue weighted by atomic mass is 32.1. The minimum absolute atomic E-state index is 0.413. The van der Waals surface area contributed by atoms with E-state index in [0.29, 0.717) is 12.0 Å². The van der Waals surface area contributed by atoms with Crippen molar-refractivity contribution in [2.24, 2.45) is 11.7 Å². The first-order valence-corrected chi connectivity index (χ1v) is 6.51. The van der Waals surface area contributed by atoms with Crippen LogP contribution >= 0.6 is 11.3 Å². The van der Waals surface area contributed by atoms with E-state index >= 15 is 0 Å². The number of nitrogens with zero attached hydrogens (tertiary/aromatic N) is 1. The highest BCUT2D eigenvalue weighted by Gasteiger charge is 2.23. The summed E-state index contributed by atoms with van der Waals surface area (Å²) in [6.07, 6.45) is 3.78. The number of thiazole rings is 1. The van der Waals surface area contributed by atoms with Gasteiger partial charge in [0.1, 0.15) is 5.01 Å². The Balaban J connectivity index is 1.70. The normalized spacial score (nSPS) is 26.0. The summed E-state index contributed by atoms with van der Waals surface area (Å²) in [5, 5.41) is 6.73. The number of hydrogen-bond acceptors (Lipinski definition) is 4. The third-order valence-corrected chi connectivity index (χ3v) is 4.03. The summed E-state index contributed by atoms with van der Waals surface area (Å²) in [7, 11) is 0. The van der Waals surface area contributed by atoms with E-state index in [-0.39, 0.29) is 0 Å². The van der Waals surface area contributed by atoms with Crippen molar-refractivity contribution < 1.29 is 0 Å². The first-order valence-electron chi connectivity index (χ1n) is 5.63. The van der Waals surface area contributed by atoms with Crippen molar-refractivity contribution in [3.05, 3.63) is 16.1 Å². The maximum atomic E-state index is 6.01. The molecule has 84 valence electrons. The molecule has 2 unspecified atom stereocenters. The smallest absolute Gasteiger partial charge is 0.107 e. The zero-order chi connectivity index (χ0) is 10.7. The van der Waals surface area contributed by atoms with Gasteiger partial charge in [-0.25, -0.2) is 4.98 Å². The van der Waals surface area contributed by atoms with Gasteiger partial charge in [0.15, 0.2) is 0 Å². The fourth-order valence-electron chi connectivity index (χ4n) is 2.17. The summed E-state index contributed by atoms with van der Waals surface area (Å²) >= 11 is 1.73. The number of nitrogens with two attached hydrogens (primary N) is 1. The molecule has 0 spiro atoms. The van der Waals surface area contributed by atoms with Crippen LogP contribution in [0.25, 0.3) is 0 Å². The van der Waals surface area contributed by atoms with Crippen molar-refractivity contribution in [2.45, 2.75) is 38.8 Å². The second-order valence-corrected chi connectivity index (χ2v) is 5.31. The number of hydrogen-bond donors (Lipinski definition) is 2. The zero-order valence-corrected chi connectivity index (χ0v) is 10.0. The molecule has 1 aliphatic carbocycles. The Morgan fingerprint density at radius 3 is 3.07 bits per heavy atom. The van der Waals surface area contributed by atoms with Crippen LogP contribution in [0.15, 0.2) is 5.38 Å². The molecular formula is C11H19N3S. The SMILES string of the molecule is Cc1csc(CNCC2CCCC2N)n1. The number of aromatic nitrogens is 1. The van der Waals surface area contributed by atoms with Gasteiger partial charge in [0.2, 0.25) is 0 Å². The third-order valence-electron chi connectivity index (χ3n) is 3.07. The minimum atomic E-state index is 0.413. The van der Waals surface area contributed by atoms with Crippen molar-refractivity contribution in [3.8, 4) is 0 Å². The van der Waals surface area contributed by atoms with E-state index in [4.69, 9.17) is 5.73 Å². The fourth-order valence-corrected chi connectivity index (χ4v) is 2.91. The molecule has 3 N–H and O–H groups in total. The molecule has 1 fully saturated rings. The molecule has 0 aliphatic heterocycles. The Bertz CT molecular complexity index is 311. The summed E-state index contributed by atoms with van der Waals surface area (Å²) in [5.74, 6) is 0.672. The largest absolute Gasteiger partial charge is 0.327 e. The molecule has 0 aromatic carbocycles. The van der Waals surface area contributed by atoms with Crippen LogP contribution in [-0.2, 0) is 6.54 Å². The molecule has 1 saturated carbocycles. The van der Waals surface area contributed by atoms with Gasteiger partial charge in [0, 0.05) is 23.7 Å². The van der Waals surface area contributed by atoms with Crippen molar-refractivity contribution >= 4 is 11.3 Å². The standard InChI is InChI=1S/C11H19N3S/c1-8-7-15-11(14-8)6-13-5-9-3-2-4-10(9)12/h7,9-10,13H,2-6,12H2,1H3. The summed E-state index contributed by atoms with van der Waals surface area (Å²) in [6, 6.07) is 0.413. The summed E-state index contributed by atoms with van der Waals surface area (Å²) < 4.78 is 0. The van der Waals surface area contributed by atoms with Gasteiger partial charge in [-0.3, -0.25) is 0 Å². The molecule has 0 amide bonds. The minimum Gasteiger partial charge on any atom is -0.327 e. The van der Waals surface area contributed by atoms with Gasteiger partial charge in [-0.15, -0.1) is 11.3 Å². The molecule has 0 bridgehead atoms. The van der Waals surface area contributed by atoms with Crippen LogP contribution in [0.3, 0.4) is 0 Å². The monoisotopic (exact) mass is 225 g/mol. The van der Waals surface area contributed by atoms with Crippen molar-refractivity contribution in [2.75, 3.05) is 6.54 Å². The molecule has 3 nitrogen and oxygen atoms in total. The van der Waals surface area contributed by atoms with Crippen LogP contribution in [0.4, 0.5) is 0 Å². The predicted molar refractivity (Wildman–Crippen MR) is 63.9 cm³/mol. The van der Waals surface area contributed by atoms with Gasteiger partial charge in [0.05, 0.1) is 0 Å². The predicted octanol–water partition coefficient (Wildman–Crippen LogP) is 1.67. The van der Waals surface area contributed by atoms with E-state index in [1.165, 1.54) is 24.3 Å². The van der Waals surface area contributed by atoms with Gasteiger partial charge < -0.3 is 11.1 Å². The Kier molecular flexibility index (Phi) is 3.72. The Hall–Kier alpha value is -0.450. The number of rotatable bonds is 4. The average molecular weight is 225 g/mol. The van der Waals surface area contributed by atoms with E-state index in [1.807, 2.05) is 6.92 Å². The molecule has 1 heterocycles. The van der Waals surface area contributed by atoms with E-state index in [0.717, 1.165) is 18.8 Å². The first-order chi connectivity index (χ1) is 7.25. The maximum Gasteiger partial charge on any atom is 0.107 e. The second-order valence-electron chi connectivity index (χ2n) is 4.37. The van der Waals surface area contributed by atoms with Crippen LogP contribution in [0.2, 0.25) is 0 Å². The number of nitrogens with one attached hydrogen (secondary N) is 1. The summed E-state index contributed by atoms with van der Waals surface area (Å²) in [5.41, 5.74) is 7.13. The van der Waals surface area contributed by atoms with E-state index in [2.05, 4.69) is 15.7 Å². The highest BCUT2D eigenvalue weighted by molar-refractivity contribution is 7.09. The zero-order valence-electron chi connectivity index (χ0n) is 9.20. The molecule has 1 aliphatic rings. The third kappa shape index (κ3) is 3.00. The fraction of sp³-hybridized carbons (Fsp3) is 0.727. The Morgan fingerprint density at radius 1 is 1.60 bits per heavy atom.